The molecule has 0 bridgehead atoms. The molecule has 2 aromatic heterocycles. The van der Waals surface area contributed by atoms with Gasteiger partial charge in [0.15, 0.2) is 5.84 Å². The van der Waals surface area contributed by atoms with Crippen LogP contribution in [0, 0.1) is 6.92 Å². The molecule has 17 heavy (non-hydrogen) atoms. The van der Waals surface area contributed by atoms with Gasteiger partial charge >= 0.3 is 0 Å². The summed E-state index contributed by atoms with van der Waals surface area (Å²) >= 11 is 1.20. The van der Waals surface area contributed by atoms with Gasteiger partial charge in [0.1, 0.15) is 0 Å². The molecule has 0 atom stereocenters. The van der Waals surface area contributed by atoms with Crippen LogP contribution in [0.15, 0.2) is 38.2 Å². The highest BCUT2D eigenvalue weighted by atomic mass is 32.2. The maximum Gasteiger partial charge on any atom is 0.281 e. The topological polar surface area (TPSA) is 110 Å². The molecule has 2 rings (SSSR count). The van der Waals surface area contributed by atoms with Crippen LogP contribution in [-0.2, 0) is 0 Å². The molecule has 0 amide bonds. The first-order valence-electron chi connectivity index (χ1n) is 4.60. The molecule has 2 aromatic rings. The van der Waals surface area contributed by atoms with Gasteiger partial charge in [0, 0.05) is 29.8 Å². The first-order chi connectivity index (χ1) is 8.20. The molecule has 88 valence electrons. The summed E-state index contributed by atoms with van der Waals surface area (Å²) in [5.74, 6) is 0.480. The van der Waals surface area contributed by atoms with Crippen molar-refractivity contribution >= 4 is 17.6 Å². The number of nitrogens with zero attached hydrogens (tertiary/aromatic N) is 4. The molecule has 0 fully saturated rings. The third-order valence-corrected chi connectivity index (χ3v) is 2.76. The zero-order valence-electron chi connectivity index (χ0n) is 8.86. The molecule has 8 heteroatoms. The maximum atomic E-state index is 8.66. The minimum absolute atomic E-state index is 0.00568. The molecule has 0 saturated heterocycles. The van der Waals surface area contributed by atoms with Crippen molar-refractivity contribution in [1.82, 2.24) is 15.2 Å². The second kappa shape index (κ2) is 4.83. The predicted molar refractivity (Wildman–Crippen MR) is 59.9 cm³/mol. The van der Waals surface area contributed by atoms with Crippen LogP contribution in [0.1, 0.15) is 11.5 Å². The second-order valence-electron chi connectivity index (χ2n) is 3.05. The smallest absolute Gasteiger partial charge is 0.281 e. The zero-order valence-corrected chi connectivity index (χ0v) is 9.68. The zero-order chi connectivity index (χ0) is 12.3. The maximum absolute atomic E-state index is 8.66. The average molecular weight is 251 g/mol. The summed E-state index contributed by atoms with van der Waals surface area (Å²) in [5.41, 5.74) is 6.10. The Labute approximate surface area is 101 Å². The van der Waals surface area contributed by atoms with Gasteiger partial charge < -0.3 is 15.4 Å². The van der Waals surface area contributed by atoms with Gasteiger partial charge in [0.25, 0.3) is 5.22 Å². The number of aryl methyl sites for hydroxylation is 1. The number of nitrogens with two attached hydrogens (primary N) is 1. The van der Waals surface area contributed by atoms with Crippen LogP contribution in [0.5, 0.6) is 0 Å². The number of pyridine rings is 1. The van der Waals surface area contributed by atoms with Crippen LogP contribution in [0.4, 0.5) is 0 Å². The lowest BCUT2D eigenvalue weighted by Gasteiger charge is -2.03. The van der Waals surface area contributed by atoms with E-state index in [1.807, 2.05) is 0 Å². The minimum Gasteiger partial charge on any atom is -0.416 e. The van der Waals surface area contributed by atoms with Gasteiger partial charge in [-0.25, -0.2) is 0 Å². The van der Waals surface area contributed by atoms with E-state index >= 15 is 0 Å². The van der Waals surface area contributed by atoms with E-state index < -0.39 is 0 Å². The van der Waals surface area contributed by atoms with Gasteiger partial charge in [-0.05, 0) is 17.8 Å². The van der Waals surface area contributed by atoms with Gasteiger partial charge in [-0.15, -0.1) is 10.2 Å². The lowest BCUT2D eigenvalue weighted by atomic mass is 10.2. The highest BCUT2D eigenvalue weighted by molar-refractivity contribution is 7.99. The third-order valence-electron chi connectivity index (χ3n) is 1.87. The molecule has 2 heterocycles. The molecule has 7 nitrogen and oxygen atoms in total. The van der Waals surface area contributed by atoms with Crippen molar-refractivity contribution in [2.75, 3.05) is 0 Å². The Morgan fingerprint density at radius 3 is 3.00 bits per heavy atom. The SMILES string of the molecule is Cc1nnc(Sc2cnccc2/C(N)=N/O)o1. The Kier molecular flexibility index (Phi) is 3.24. The fourth-order valence-electron chi connectivity index (χ4n) is 1.14. The van der Waals surface area contributed by atoms with E-state index in [9.17, 15) is 0 Å². The molecule has 0 aliphatic rings. The first-order valence-corrected chi connectivity index (χ1v) is 5.42. The average Bonchev–Trinajstić information content (AvgIpc) is 2.74. The van der Waals surface area contributed by atoms with E-state index in [1.165, 1.54) is 11.8 Å². The normalized spacial score (nSPS) is 11.7. The van der Waals surface area contributed by atoms with Crippen LogP contribution in [0.2, 0.25) is 0 Å². The molecule has 0 aliphatic heterocycles. The minimum atomic E-state index is 0.00568. The molecule has 0 unspecified atom stereocenters. The molecule has 0 radical (unpaired) electrons. The van der Waals surface area contributed by atoms with Gasteiger partial charge in [0.05, 0.1) is 0 Å². The molecule has 3 N–H and O–H groups in total. The largest absolute Gasteiger partial charge is 0.416 e. The summed E-state index contributed by atoms with van der Waals surface area (Å²) in [7, 11) is 0. The highest BCUT2D eigenvalue weighted by Gasteiger charge is 2.12. The Morgan fingerprint density at radius 1 is 1.53 bits per heavy atom. The molecular weight excluding hydrogens is 242 g/mol. The third kappa shape index (κ3) is 2.53. The van der Waals surface area contributed by atoms with Crippen LogP contribution < -0.4 is 5.73 Å². The summed E-state index contributed by atoms with van der Waals surface area (Å²) in [6.45, 7) is 1.70. The predicted octanol–water partition coefficient (Wildman–Crippen LogP) is 1.02. The molecular formula is C9H9N5O2S. The molecule has 0 saturated carbocycles. The Bertz CT molecular complexity index is 554. The van der Waals surface area contributed by atoms with Gasteiger partial charge in [0.2, 0.25) is 5.89 Å². The summed E-state index contributed by atoms with van der Waals surface area (Å²) in [5, 5.41) is 19.5. The van der Waals surface area contributed by atoms with Gasteiger partial charge in [-0.3, -0.25) is 4.98 Å². The van der Waals surface area contributed by atoms with Crippen LogP contribution in [0.25, 0.3) is 0 Å². The summed E-state index contributed by atoms with van der Waals surface area (Å²) < 4.78 is 5.23. The van der Waals surface area contributed by atoms with Crippen molar-refractivity contribution < 1.29 is 9.62 Å². The van der Waals surface area contributed by atoms with Crippen LogP contribution in [0.3, 0.4) is 0 Å². The number of oxime groups is 1. The van der Waals surface area contributed by atoms with Crippen molar-refractivity contribution in [3.63, 3.8) is 0 Å². The fourth-order valence-corrected chi connectivity index (χ4v) is 1.97. The van der Waals surface area contributed by atoms with Crippen molar-refractivity contribution in [3.05, 3.63) is 29.9 Å². The summed E-state index contributed by atoms with van der Waals surface area (Å²) in [4.78, 5) is 4.63. The van der Waals surface area contributed by atoms with E-state index in [1.54, 1.807) is 25.4 Å². The highest BCUT2D eigenvalue weighted by Crippen LogP contribution is 2.28. The molecule has 0 spiro atoms. The van der Waals surface area contributed by atoms with Crippen LogP contribution >= 0.6 is 11.8 Å². The van der Waals surface area contributed by atoms with Crippen molar-refractivity contribution in [2.45, 2.75) is 17.0 Å². The first kappa shape index (κ1) is 11.4. The number of amidine groups is 1. The Balaban J connectivity index is 2.32. The van der Waals surface area contributed by atoms with Crippen LogP contribution in [-0.4, -0.2) is 26.2 Å². The van der Waals surface area contributed by atoms with Crippen molar-refractivity contribution in [1.29, 1.82) is 0 Å². The van der Waals surface area contributed by atoms with E-state index in [2.05, 4.69) is 20.3 Å². The fraction of sp³-hybridized carbons (Fsp3) is 0.111. The lowest BCUT2D eigenvalue weighted by Crippen LogP contribution is -2.14. The molecule has 0 aliphatic carbocycles. The quantitative estimate of drug-likeness (QED) is 0.362. The Hall–Kier alpha value is -2.09. The Morgan fingerprint density at radius 2 is 2.35 bits per heavy atom. The van der Waals surface area contributed by atoms with Gasteiger partial charge in [-0.1, -0.05) is 5.16 Å². The van der Waals surface area contributed by atoms with Crippen molar-refractivity contribution in [3.8, 4) is 0 Å². The number of hydrogen-bond donors (Lipinski definition) is 2. The number of aromatic nitrogens is 3. The standard InChI is InChI=1S/C9H9N5O2S/c1-5-12-13-9(16-5)17-7-4-11-3-2-6(7)8(10)14-15/h2-4,15H,1H3,(H2,10,14). The van der Waals surface area contributed by atoms with E-state index in [4.69, 9.17) is 15.4 Å². The molecule has 0 aromatic carbocycles. The van der Waals surface area contributed by atoms with Gasteiger partial charge in [-0.2, -0.15) is 0 Å². The monoisotopic (exact) mass is 251 g/mol. The number of hydrogen-bond acceptors (Lipinski definition) is 7. The summed E-state index contributed by atoms with van der Waals surface area (Å²) in [6.07, 6.45) is 3.13. The number of rotatable bonds is 3. The van der Waals surface area contributed by atoms with E-state index in [-0.39, 0.29) is 5.84 Å². The van der Waals surface area contributed by atoms with Crippen molar-refractivity contribution in [2.24, 2.45) is 10.9 Å². The summed E-state index contributed by atoms with van der Waals surface area (Å²) in [6, 6.07) is 1.64. The van der Waals surface area contributed by atoms with E-state index in [0.29, 0.717) is 21.6 Å². The second-order valence-corrected chi connectivity index (χ2v) is 4.04. The van der Waals surface area contributed by atoms with E-state index in [0.717, 1.165) is 0 Å². The lowest BCUT2D eigenvalue weighted by molar-refractivity contribution is 0.318.